The standard InChI is InChI=1S/C18H11N3O2/c19-9-13-6-7-16-14(8-13)17(22)15(10-20)18(23)21(16)11-12-4-2-1-3-5-12/h1-8,15H,11H2. The first-order chi connectivity index (χ1) is 11.2. The number of benzene rings is 2. The van der Waals surface area contributed by atoms with Gasteiger partial charge in [-0.2, -0.15) is 10.5 Å². The van der Waals surface area contributed by atoms with E-state index in [4.69, 9.17) is 5.26 Å². The monoisotopic (exact) mass is 301 g/mol. The summed E-state index contributed by atoms with van der Waals surface area (Å²) in [6.07, 6.45) is 0. The lowest BCUT2D eigenvalue weighted by atomic mass is 9.90. The molecule has 1 aliphatic heterocycles. The van der Waals surface area contributed by atoms with Gasteiger partial charge in [-0.25, -0.2) is 0 Å². The summed E-state index contributed by atoms with van der Waals surface area (Å²) in [6, 6.07) is 17.6. The molecule has 1 unspecified atom stereocenters. The summed E-state index contributed by atoms with van der Waals surface area (Å²) in [4.78, 5) is 26.3. The zero-order valence-corrected chi connectivity index (χ0v) is 12.1. The highest BCUT2D eigenvalue weighted by Crippen LogP contribution is 2.32. The predicted octanol–water partition coefficient (Wildman–Crippen LogP) is 2.43. The summed E-state index contributed by atoms with van der Waals surface area (Å²) in [5.74, 6) is -2.44. The second-order valence-electron chi connectivity index (χ2n) is 5.18. The van der Waals surface area contributed by atoms with Crippen LogP contribution < -0.4 is 4.90 Å². The molecule has 0 aliphatic carbocycles. The van der Waals surface area contributed by atoms with Crippen LogP contribution in [0.2, 0.25) is 0 Å². The van der Waals surface area contributed by atoms with Gasteiger partial charge in [0, 0.05) is 5.56 Å². The van der Waals surface area contributed by atoms with Crippen LogP contribution in [-0.4, -0.2) is 11.7 Å². The number of hydrogen-bond donors (Lipinski definition) is 0. The average Bonchev–Trinajstić information content (AvgIpc) is 2.59. The van der Waals surface area contributed by atoms with Gasteiger partial charge in [0.25, 0.3) is 5.91 Å². The van der Waals surface area contributed by atoms with Gasteiger partial charge in [0.15, 0.2) is 11.7 Å². The Hall–Kier alpha value is -3.44. The number of hydrogen-bond acceptors (Lipinski definition) is 4. The number of Topliss-reactive ketones (excluding diaryl/α,β-unsaturated/α-hetero) is 1. The van der Waals surface area contributed by atoms with Gasteiger partial charge in [0.1, 0.15) is 0 Å². The normalized spacial score (nSPS) is 16.4. The number of amides is 1. The Morgan fingerprint density at radius 3 is 2.43 bits per heavy atom. The van der Waals surface area contributed by atoms with Crippen LogP contribution in [0.5, 0.6) is 0 Å². The molecule has 0 saturated heterocycles. The number of anilines is 1. The van der Waals surface area contributed by atoms with Crippen LogP contribution in [0.3, 0.4) is 0 Å². The molecule has 5 heteroatoms. The summed E-state index contributed by atoms with van der Waals surface area (Å²) >= 11 is 0. The molecule has 0 N–H and O–H groups in total. The summed E-state index contributed by atoms with van der Waals surface area (Å²) in [5, 5.41) is 18.2. The van der Waals surface area contributed by atoms with Crippen LogP contribution in [0.15, 0.2) is 48.5 Å². The lowest BCUT2D eigenvalue weighted by Gasteiger charge is -2.31. The largest absolute Gasteiger partial charge is 0.306 e. The van der Waals surface area contributed by atoms with E-state index in [2.05, 4.69) is 0 Å². The molecule has 1 amide bonds. The highest BCUT2D eigenvalue weighted by molar-refractivity contribution is 6.23. The van der Waals surface area contributed by atoms with Gasteiger partial charge in [0.05, 0.1) is 29.9 Å². The van der Waals surface area contributed by atoms with Gasteiger partial charge >= 0.3 is 0 Å². The SMILES string of the molecule is N#Cc1ccc2c(c1)C(=O)C(C#N)C(=O)N2Cc1ccccc1. The predicted molar refractivity (Wildman–Crippen MR) is 82.2 cm³/mol. The van der Waals surface area contributed by atoms with Gasteiger partial charge in [-0.3, -0.25) is 9.59 Å². The Balaban J connectivity index is 2.11. The Labute approximate surface area is 133 Å². The molecule has 1 aliphatic rings. The van der Waals surface area contributed by atoms with Crippen molar-refractivity contribution in [2.24, 2.45) is 5.92 Å². The summed E-state index contributed by atoms with van der Waals surface area (Å²) in [5.41, 5.74) is 1.89. The maximum absolute atomic E-state index is 12.5. The van der Waals surface area contributed by atoms with E-state index in [0.29, 0.717) is 11.3 Å². The molecule has 3 rings (SSSR count). The number of nitrogens with zero attached hydrogens (tertiary/aromatic N) is 3. The van der Waals surface area contributed by atoms with E-state index < -0.39 is 17.6 Å². The van der Waals surface area contributed by atoms with Gasteiger partial charge in [-0.05, 0) is 23.8 Å². The van der Waals surface area contributed by atoms with Crippen molar-refractivity contribution in [2.45, 2.75) is 6.54 Å². The van der Waals surface area contributed by atoms with Crippen molar-refractivity contribution in [2.75, 3.05) is 4.90 Å². The third-order valence-electron chi connectivity index (χ3n) is 3.77. The van der Waals surface area contributed by atoms with E-state index in [9.17, 15) is 14.9 Å². The molecule has 0 spiro atoms. The Morgan fingerprint density at radius 1 is 1.04 bits per heavy atom. The molecule has 5 nitrogen and oxygen atoms in total. The molecule has 0 radical (unpaired) electrons. The molecule has 0 saturated carbocycles. The van der Waals surface area contributed by atoms with E-state index in [0.717, 1.165) is 5.56 Å². The second-order valence-corrected chi connectivity index (χ2v) is 5.18. The van der Waals surface area contributed by atoms with E-state index >= 15 is 0 Å². The Kier molecular flexibility index (Phi) is 3.62. The fourth-order valence-electron chi connectivity index (χ4n) is 2.62. The number of rotatable bonds is 2. The fraction of sp³-hybridized carbons (Fsp3) is 0.111. The first kappa shape index (κ1) is 14.5. The molecule has 2 aromatic rings. The Morgan fingerprint density at radius 2 is 1.78 bits per heavy atom. The minimum atomic E-state index is -1.36. The molecule has 0 fully saturated rings. The van der Waals surface area contributed by atoms with Crippen LogP contribution >= 0.6 is 0 Å². The van der Waals surface area contributed by atoms with E-state index in [1.54, 1.807) is 18.2 Å². The van der Waals surface area contributed by atoms with Gasteiger partial charge in [0.2, 0.25) is 0 Å². The van der Waals surface area contributed by atoms with Gasteiger partial charge in [-0.15, -0.1) is 0 Å². The van der Waals surface area contributed by atoms with Crippen molar-refractivity contribution >= 4 is 17.4 Å². The van der Waals surface area contributed by atoms with Crippen LogP contribution in [0.25, 0.3) is 0 Å². The van der Waals surface area contributed by atoms with Crippen LogP contribution in [0, 0.1) is 28.6 Å². The highest BCUT2D eigenvalue weighted by Gasteiger charge is 2.39. The van der Waals surface area contributed by atoms with Crippen molar-refractivity contribution in [1.29, 1.82) is 10.5 Å². The molecular weight excluding hydrogens is 290 g/mol. The molecular formula is C18H11N3O2. The average molecular weight is 301 g/mol. The number of nitriles is 2. The number of ketones is 1. The maximum atomic E-state index is 12.5. The first-order valence-electron chi connectivity index (χ1n) is 6.99. The summed E-state index contributed by atoms with van der Waals surface area (Å²) < 4.78 is 0. The highest BCUT2D eigenvalue weighted by atomic mass is 16.2. The van der Waals surface area contributed by atoms with Crippen LogP contribution in [0.1, 0.15) is 21.5 Å². The summed E-state index contributed by atoms with van der Waals surface area (Å²) in [6.45, 7) is 0.268. The molecule has 23 heavy (non-hydrogen) atoms. The van der Waals surface area contributed by atoms with Gasteiger partial charge < -0.3 is 4.90 Å². The minimum Gasteiger partial charge on any atom is -0.306 e. The van der Waals surface area contributed by atoms with E-state index in [-0.39, 0.29) is 12.1 Å². The lowest BCUT2D eigenvalue weighted by molar-refractivity contribution is -0.120. The zero-order valence-electron chi connectivity index (χ0n) is 12.1. The fourth-order valence-corrected chi connectivity index (χ4v) is 2.62. The smallest absolute Gasteiger partial charge is 0.252 e. The van der Waals surface area contributed by atoms with Crippen molar-refractivity contribution in [3.05, 3.63) is 65.2 Å². The summed E-state index contributed by atoms with van der Waals surface area (Å²) in [7, 11) is 0. The van der Waals surface area contributed by atoms with Crippen molar-refractivity contribution in [3.63, 3.8) is 0 Å². The van der Waals surface area contributed by atoms with Gasteiger partial charge in [-0.1, -0.05) is 30.3 Å². The van der Waals surface area contributed by atoms with E-state index in [1.165, 1.54) is 11.0 Å². The maximum Gasteiger partial charge on any atom is 0.252 e. The lowest BCUT2D eigenvalue weighted by Crippen LogP contribution is -2.43. The molecule has 0 aromatic heterocycles. The third kappa shape index (κ3) is 2.45. The first-order valence-corrected chi connectivity index (χ1v) is 6.99. The molecule has 2 aromatic carbocycles. The molecule has 1 atom stereocenters. The van der Waals surface area contributed by atoms with Crippen molar-refractivity contribution in [3.8, 4) is 12.1 Å². The molecule has 110 valence electrons. The number of fused-ring (bicyclic) bond motifs is 1. The Bertz CT molecular complexity index is 875. The zero-order chi connectivity index (χ0) is 16.4. The number of carbonyl (C=O) groups is 2. The van der Waals surface area contributed by atoms with E-state index in [1.807, 2.05) is 36.4 Å². The quantitative estimate of drug-likeness (QED) is 0.797. The number of carbonyl (C=O) groups excluding carboxylic acids is 2. The van der Waals surface area contributed by atoms with Crippen LogP contribution in [-0.2, 0) is 11.3 Å². The van der Waals surface area contributed by atoms with Crippen molar-refractivity contribution in [1.82, 2.24) is 0 Å². The third-order valence-corrected chi connectivity index (χ3v) is 3.77. The van der Waals surface area contributed by atoms with Crippen LogP contribution in [0.4, 0.5) is 5.69 Å². The molecule has 0 bridgehead atoms. The van der Waals surface area contributed by atoms with Crippen molar-refractivity contribution < 1.29 is 9.59 Å². The topological polar surface area (TPSA) is 85.0 Å². The second kappa shape index (κ2) is 5.75. The molecule has 1 heterocycles. The minimum absolute atomic E-state index is 0.242.